The van der Waals surface area contributed by atoms with E-state index in [1.165, 1.54) is 0 Å². The Morgan fingerprint density at radius 2 is 1.87 bits per heavy atom. The first kappa shape index (κ1) is 25.0. The van der Waals surface area contributed by atoms with Crippen molar-refractivity contribution in [3.8, 4) is 12.5 Å². The molecule has 0 aliphatic carbocycles. The number of carbonyl (C=O) groups excluding carboxylic acids is 3. The van der Waals surface area contributed by atoms with E-state index in [2.05, 4.69) is 16.7 Å². The highest BCUT2D eigenvalue weighted by Crippen LogP contribution is 2.24. The molecule has 0 fully saturated rings. The van der Waals surface area contributed by atoms with Gasteiger partial charge < -0.3 is 15.4 Å². The number of rotatable bonds is 8. The van der Waals surface area contributed by atoms with Gasteiger partial charge in [-0.2, -0.15) is 0 Å². The van der Waals surface area contributed by atoms with Crippen LogP contribution in [0.4, 0.5) is 4.79 Å². The molecule has 3 amide bonds. The molecule has 0 saturated heterocycles. The van der Waals surface area contributed by atoms with Gasteiger partial charge in [0.15, 0.2) is 0 Å². The Bertz CT molecular complexity index is 792. The molecule has 2 N–H and O–H groups in total. The highest BCUT2D eigenvalue weighted by atomic mass is 16.6. The van der Waals surface area contributed by atoms with Crippen molar-refractivity contribution >= 4 is 17.9 Å². The van der Waals surface area contributed by atoms with Crippen LogP contribution >= 0.6 is 0 Å². The Hall–Kier alpha value is -3.01. The Morgan fingerprint density at radius 1 is 1.23 bits per heavy atom. The van der Waals surface area contributed by atoms with E-state index < -0.39 is 23.6 Å². The van der Waals surface area contributed by atoms with Crippen molar-refractivity contribution in [1.82, 2.24) is 15.5 Å². The second-order valence-corrected chi connectivity index (χ2v) is 8.21. The average Bonchev–Trinajstić information content (AvgIpc) is 2.63. The fourth-order valence-corrected chi connectivity index (χ4v) is 2.96. The maximum absolute atomic E-state index is 13.1. The topological polar surface area (TPSA) is 87.7 Å². The zero-order valence-electron chi connectivity index (χ0n) is 18.7. The summed E-state index contributed by atoms with van der Waals surface area (Å²) in [7, 11) is 0. The molecule has 0 aromatic heterocycles. The largest absolute Gasteiger partial charge is 0.444 e. The molecule has 0 aliphatic rings. The third-order valence-corrected chi connectivity index (χ3v) is 4.29. The predicted octanol–water partition coefficient (Wildman–Crippen LogP) is 3.28. The van der Waals surface area contributed by atoms with Crippen LogP contribution in [0.25, 0.3) is 0 Å². The number of amides is 3. The highest BCUT2D eigenvalue weighted by molar-refractivity contribution is 5.91. The molecule has 164 valence electrons. The van der Waals surface area contributed by atoms with Gasteiger partial charge in [-0.1, -0.05) is 44.0 Å². The van der Waals surface area contributed by atoms with Crippen LogP contribution in [0.15, 0.2) is 24.3 Å². The highest BCUT2D eigenvalue weighted by Gasteiger charge is 2.32. The van der Waals surface area contributed by atoms with Crippen molar-refractivity contribution in [3.63, 3.8) is 0 Å². The molecule has 7 nitrogen and oxygen atoms in total. The average molecular weight is 416 g/mol. The minimum atomic E-state index is -1.01. The van der Waals surface area contributed by atoms with Crippen molar-refractivity contribution in [1.29, 1.82) is 0 Å². The summed E-state index contributed by atoms with van der Waals surface area (Å²) in [4.78, 5) is 38.8. The van der Waals surface area contributed by atoms with Gasteiger partial charge in [0.05, 0.1) is 0 Å². The zero-order valence-corrected chi connectivity index (χ0v) is 18.7. The molecule has 1 aromatic carbocycles. The van der Waals surface area contributed by atoms with Crippen molar-refractivity contribution in [2.75, 3.05) is 6.54 Å². The summed E-state index contributed by atoms with van der Waals surface area (Å²) >= 11 is 0. The number of aryl methyl sites for hydroxylation is 1. The number of ether oxygens (including phenoxy) is 1. The number of hydrogen-bond acceptors (Lipinski definition) is 4. The third kappa shape index (κ3) is 7.78. The Kier molecular flexibility index (Phi) is 9.38. The number of hydrogen-bond donors (Lipinski definition) is 2. The Balaban J connectivity index is 3.09. The number of terminal acetylenes is 1. The van der Waals surface area contributed by atoms with E-state index in [0.717, 1.165) is 23.3 Å². The summed E-state index contributed by atoms with van der Waals surface area (Å²) in [6.07, 6.45) is 6.61. The van der Waals surface area contributed by atoms with Gasteiger partial charge in [-0.25, -0.2) is 4.79 Å². The summed E-state index contributed by atoms with van der Waals surface area (Å²) in [5.41, 5.74) is 0.758. The maximum Gasteiger partial charge on any atom is 0.408 e. The van der Waals surface area contributed by atoms with Gasteiger partial charge in [-0.3, -0.25) is 14.5 Å². The Labute approximate surface area is 179 Å². The summed E-state index contributed by atoms with van der Waals surface area (Å²) in [5, 5.41) is 5.33. The van der Waals surface area contributed by atoms with Gasteiger partial charge in [0, 0.05) is 12.1 Å². The SMILES string of the molecule is C#CN(C(=O)CNC(=O)OC(C)(C)C)C(C(=O)NC(C)CCC)c1ccccc1C. The van der Waals surface area contributed by atoms with Crippen molar-refractivity contribution in [2.24, 2.45) is 0 Å². The van der Waals surface area contributed by atoms with E-state index in [-0.39, 0.29) is 18.5 Å². The van der Waals surface area contributed by atoms with Crippen LogP contribution < -0.4 is 10.6 Å². The molecular formula is C23H33N3O4. The number of nitrogens with zero attached hydrogens (tertiary/aromatic N) is 1. The first-order chi connectivity index (χ1) is 14.0. The molecule has 2 unspecified atom stereocenters. The van der Waals surface area contributed by atoms with Crippen LogP contribution in [0, 0.1) is 19.4 Å². The van der Waals surface area contributed by atoms with Gasteiger partial charge >= 0.3 is 6.09 Å². The van der Waals surface area contributed by atoms with Crippen LogP contribution in [0.1, 0.15) is 64.6 Å². The molecule has 0 aliphatic heterocycles. The predicted molar refractivity (Wildman–Crippen MR) is 116 cm³/mol. The molecule has 30 heavy (non-hydrogen) atoms. The summed E-state index contributed by atoms with van der Waals surface area (Å²) in [5.74, 6) is -0.955. The fraction of sp³-hybridized carbons (Fsp3) is 0.522. The van der Waals surface area contributed by atoms with E-state index in [4.69, 9.17) is 11.2 Å². The van der Waals surface area contributed by atoms with E-state index >= 15 is 0 Å². The zero-order chi connectivity index (χ0) is 22.9. The third-order valence-electron chi connectivity index (χ3n) is 4.29. The maximum atomic E-state index is 13.1. The van der Waals surface area contributed by atoms with Crippen molar-refractivity contribution in [2.45, 2.75) is 72.1 Å². The molecule has 7 heteroatoms. The molecule has 2 atom stereocenters. The molecule has 0 bridgehead atoms. The molecular weight excluding hydrogens is 382 g/mol. The van der Waals surface area contributed by atoms with Gasteiger partial charge in [0.1, 0.15) is 18.2 Å². The number of alkyl carbamates (subject to hydrolysis) is 1. The van der Waals surface area contributed by atoms with Gasteiger partial charge in [0.25, 0.3) is 5.91 Å². The van der Waals surface area contributed by atoms with Crippen LogP contribution in [-0.2, 0) is 14.3 Å². The van der Waals surface area contributed by atoms with Crippen LogP contribution in [0.2, 0.25) is 0 Å². The lowest BCUT2D eigenvalue weighted by Crippen LogP contribution is -2.47. The van der Waals surface area contributed by atoms with Crippen LogP contribution in [0.5, 0.6) is 0 Å². The number of nitrogens with one attached hydrogen (secondary N) is 2. The smallest absolute Gasteiger partial charge is 0.408 e. The van der Waals surface area contributed by atoms with Crippen LogP contribution in [0.3, 0.4) is 0 Å². The lowest BCUT2D eigenvalue weighted by atomic mass is 9.98. The normalized spacial score (nSPS) is 12.8. The van der Waals surface area contributed by atoms with E-state index in [1.54, 1.807) is 32.9 Å². The van der Waals surface area contributed by atoms with Crippen LogP contribution in [-0.4, -0.2) is 41.0 Å². The summed E-state index contributed by atoms with van der Waals surface area (Å²) in [6.45, 7) is 10.6. The molecule has 0 radical (unpaired) electrons. The molecule has 0 heterocycles. The second-order valence-electron chi connectivity index (χ2n) is 8.21. The monoisotopic (exact) mass is 415 g/mol. The quantitative estimate of drug-likeness (QED) is 0.504. The van der Waals surface area contributed by atoms with Gasteiger partial charge in [-0.05, 0) is 52.2 Å². The molecule has 0 saturated carbocycles. The summed E-state index contributed by atoms with van der Waals surface area (Å²) in [6, 6.07) is 8.49. The molecule has 1 aromatic rings. The van der Waals surface area contributed by atoms with E-state index in [9.17, 15) is 14.4 Å². The Morgan fingerprint density at radius 3 is 2.40 bits per heavy atom. The van der Waals surface area contributed by atoms with Crippen molar-refractivity contribution in [3.05, 3.63) is 35.4 Å². The van der Waals surface area contributed by atoms with Gasteiger partial charge in [-0.15, -0.1) is 0 Å². The fourth-order valence-electron chi connectivity index (χ4n) is 2.96. The lowest BCUT2D eigenvalue weighted by Gasteiger charge is -2.29. The number of benzene rings is 1. The molecule has 0 spiro atoms. The first-order valence-corrected chi connectivity index (χ1v) is 10.1. The second kappa shape index (κ2) is 11.2. The minimum Gasteiger partial charge on any atom is -0.444 e. The first-order valence-electron chi connectivity index (χ1n) is 10.1. The van der Waals surface area contributed by atoms with Crippen molar-refractivity contribution < 1.29 is 19.1 Å². The standard InChI is InChI=1S/C23H33N3O4/c1-8-12-17(4)25-21(28)20(18-14-11-10-13-16(18)3)26(9-2)19(27)15-24-22(29)30-23(5,6)7/h2,10-11,13-14,17,20H,8,12,15H2,1,3-7H3,(H,24,29)(H,25,28). The van der Waals surface area contributed by atoms with E-state index in [1.807, 2.05) is 32.9 Å². The molecule has 1 rings (SSSR count). The van der Waals surface area contributed by atoms with E-state index in [0.29, 0.717) is 5.56 Å². The van der Waals surface area contributed by atoms with Gasteiger partial charge in [0.2, 0.25) is 5.91 Å². The number of carbonyl (C=O) groups is 3. The minimum absolute atomic E-state index is 0.0661. The summed E-state index contributed by atoms with van der Waals surface area (Å²) < 4.78 is 5.14. The lowest BCUT2D eigenvalue weighted by molar-refractivity contribution is -0.136.